The van der Waals surface area contributed by atoms with Crippen LogP contribution in [0.3, 0.4) is 0 Å². The van der Waals surface area contributed by atoms with Gasteiger partial charge in [-0.2, -0.15) is 0 Å². The lowest BCUT2D eigenvalue weighted by molar-refractivity contribution is -0.184. The maximum Gasteiger partial charge on any atom is 0.316 e. The Hall–Kier alpha value is -1.59. The summed E-state index contributed by atoms with van der Waals surface area (Å²) in [5, 5.41) is 9.36. The summed E-state index contributed by atoms with van der Waals surface area (Å²) in [4.78, 5) is 11.4. The van der Waals surface area contributed by atoms with E-state index in [1.165, 1.54) is 0 Å². The van der Waals surface area contributed by atoms with Crippen molar-refractivity contribution in [3.63, 3.8) is 0 Å². The zero-order chi connectivity index (χ0) is 14.0. The highest BCUT2D eigenvalue weighted by molar-refractivity contribution is 5.77. The number of nitrogens with two attached hydrogens (primary N) is 1. The van der Waals surface area contributed by atoms with E-state index in [2.05, 4.69) is 0 Å². The van der Waals surface area contributed by atoms with Crippen molar-refractivity contribution in [3.05, 3.63) is 29.3 Å². The molecule has 1 aliphatic heterocycles. The fourth-order valence-electron chi connectivity index (χ4n) is 2.35. The lowest BCUT2D eigenvalue weighted by Crippen LogP contribution is -2.55. The summed E-state index contributed by atoms with van der Waals surface area (Å²) in [6.45, 7) is 2.35. The van der Waals surface area contributed by atoms with Gasteiger partial charge in [-0.25, -0.2) is 0 Å². The van der Waals surface area contributed by atoms with Gasteiger partial charge in [0, 0.05) is 0 Å². The van der Waals surface area contributed by atoms with E-state index < -0.39 is 17.4 Å². The number of benzene rings is 1. The van der Waals surface area contributed by atoms with Gasteiger partial charge in [-0.3, -0.25) is 4.79 Å². The minimum Gasteiger partial charge on any atom is -0.496 e. The Labute approximate surface area is 112 Å². The monoisotopic (exact) mass is 265 g/mol. The zero-order valence-electron chi connectivity index (χ0n) is 11.2. The van der Waals surface area contributed by atoms with Gasteiger partial charge in [0.2, 0.25) is 0 Å². The molecule has 3 N–H and O–H groups in total. The number of hydrogen-bond donors (Lipinski definition) is 2. The van der Waals surface area contributed by atoms with Crippen LogP contribution in [0.4, 0.5) is 0 Å². The highest BCUT2D eigenvalue weighted by Crippen LogP contribution is 2.40. The number of hydrogen-bond acceptors (Lipinski definition) is 4. The largest absolute Gasteiger partial charge is 0.496 e. The molecule has 0 bridgehead atoms. The number of ether oxygens (including phenoxy) is 2. The van der Waals surface area contributed by atoms with E-state index in [0.29, 0.717) is 0 Å². The Bertz CT molecular complexity index is 482. The summed E-state index contributed by atoms with van der Waals surface area (Å²) in [6, 6.07) is 5.01. The van der Waals surface area contributed by atoms with Crippen LogP contribution >= 0.6 is 0 Å². The average Bonchev–Trinajstić information content (AvgIpc) is 2.35. The Morgan fingerprint density at radius 3 is 2.68 bits per heavy atom. The molecular formula is C14H19NO4. The van der Waals surface area contributed by atoms with Crippen molar-refractivity contribution in [2.45, 2.75) is 19.4 Å². The summed E-state index contributed by atoms with van der Waals surface area (Å²) in [7, 11) is 1.62. The van der Waals surface area contributed by atoms with Crippen molar-refractivity contribution < 1.29 is 19.4 Å². The second-order valence-electron chi connectivity index (χ2n) is 4.86. The van der Waals surface area contributed by atoms with E-state index >= 15 is 0 Å². The molecule has 0 amide bonds. The van der Waals surface area contributed by atoms with Crippen molar-refractivity contribution in [2.75, 3.05) is 20.3 Å². The van der Waals surface area contributed by atoms with Crippen LogP contribution in [0.15, 0.2) is 18.2 Å². The Balaban J connectivity index is 2.33. The quantitative estimate of drug-likeness (QED) is 0.840. The smallest absolute Gasteiger partial charge is 0.316 e. The molecule has 1 aliphatic rings. The molecule has 5 heteroatoms. The van der Waals surface area contributed by atoms with Crippen LogP contribution in [0.5, 0.6) is 5.75 Å². The Morgan fingerprint density at radius 2 is 2.26 bits per heavy atom. The summed E-state index contributed by atoms with van der Waals surface area (Å²) in [6.07, 6.45) is 0.806. The second-order valence-corrected chi connectivity index (χ2v) is 4.86. The van der Waals surface area contributed by atoms with Crippen molar-refractivity contribution in [1.82, 2.24) is 0 Å². The van der Waals surface area contributed by atoms with Gasteiger partial charge in [0.15, 0.2) is 0 Å². The van der Waals surface area contributed by atoms with E-state index in [1.807, 2.05) is 25.1 Å². The van der Waals surface area contributed by atoms with Gasteiger partial charge < -0.3 is 20.3 Å². The first-order valence-corrected chi connectivity index (χ1v) is 6.28. The number of methoxy groups -OCH3 is 1. The number of aliphatic carboxylic acids is 1. The van der Waals surface area contributed by atoms with Crippen LogP contribution in [0.2, 0.25) is 0 Å². The SMILES string of the molecule is CCc1cc(C(N)C2(C(=O)O)COC2)ccc1OC. The third-order valence-electron chi connectivity index (χ3n) is 3.78. The van der Waals surface area contributed by atoms with E-state index in [0.717, 1.165) is 23.3 Å². The molecule has 0 radical (unpaired) electrons. The van der Waals surface area contributed by atoms with Crippen molar-refractivity contribution in [3.8, 4) is 5.75 Å². The molecule has 5 nitrogen and oxygen atoms in total. The number of carboxylic acids is 1. The predicted molar refractivity (Wildman–Crippen MR) is 70.2 cm³/mol. The minimum absolute atomic E-state index is 0.164. The molecule has 1 heterocycles. The Kier molecular flexibility index (Phi) is 3.78. The van der Waals surface area contributed by atoms with Crippen LogP contribution in [-0.2, 0) is 16.0 Å². The molecule has 1 fully saturated rings. The molecule has 1 aromatic rings. The molecule has 1 atom stereocenters. The van der Waals surface area contributed by atoms with Crippen LogP contribution < -0.4 is 10.5 Å². The predicted octanol–water partition coefficient (Wildman–Crippen LogP) is 1.36. The molecule has 1 unspecified atom stereocenters. The highest BCUT2D eigenvalue weighted by Gasteiger charge is 2.51. The normalized spacial score (nSPS) is 18.5. The molecular weight excluding hydrogens is 246 g/mol. The maximum absolute atomic E-state index is 11.4. The van der Waals surface area contributed by atoms with Crippen LogP contribution in [-0.4, -0.2) is 31.4 Å². The Morgan fingerprint density at radius 1 is 1.58 bits per heavy atom. The van der Waals surface area contributed by atoms with Gasteiger partial charge in [-0.1, -0.05) is 19.1 Å². The van der Waals surface area contributed by atoms with Crippen LogP contribution in [0.25, 0.3) is 0 Å². The highest BCUT2D eigenvalue weighted by atomic mass is 16.5. The van der Waals surface area contributed by atoms with E-state index in [4.69, 9.17) is 15.2 Å². The third-order valence-corrected chi connectivity index (χ3v) is 3.78. The minimum atomic E-state index is -1.00. The van der Waals surface area contributed by atoms with E-state index in [-0.39, 0.29) is 13.2 Å². The van der Waals surface area contributed by atoms with Crippen molar-refractivity contribution >= 4 is 5.97 Å². The van der Waals surface area contributed by atoms with Gasteiger partial charge in [-0.15, -0.1) is 0 Å². The molecule has 19 heavy (non-hydrogen) atoms. The molecule has 104 valence electrons. The fraction of sp³-hybridized carbons (Fsp3) is 0.500. The van der Waals surface area contributed by atoms with Gasteiger partial charge in [0.25, 0.3) is 0 Å². The molecule has 0 saturated carbocycles. The van der Waals surface area contributed by atoms with Gasteiger partial charge >= 0.3 is 5.97 Å². The first-order chi connectivity index (χ1) is 9.05. The standard InChI is InChI=1S/C14H19NO4/c1-3-9-6-10(4-5-11(9)18-2)12(15)14(13(16)17)7-19-8-14/h4-6,12H,3,7-8,15H2,1-2H3,(H,16,17). The lowest BCUT2D eigenvalue weighted by atomic mass is 9.75. The summed E-state index contributed by atoms with van der Waals surface area (Å²) < 4.78 is 10.3. The van der Waals surface area contributed by atoms with Crippen molar-refractivity contribution in [2.24, 2.45) is 11.1 Å². The first kappa shape index (κ1) is 13.8. The van der Waals surface area contributed by atoms with Crippen LogP contribution in [0.1, 0.15) is 24.1 Å². The van der Waals surface area contributed by atoms with E-state index in [9.17, 15) is 9.90 Å². The fourth-order valence-corrected chi connectivity index (χ4v) is 2.35. The van der Waals surface area contributed by atoms with Crippen molar-refractivity contribution in [1.29, 1.82) is 0 Å². The number of carbonyl (C=O) groups is 1. The van der Waals surface area contributed by atoms with Crippen LogP contribution in [0, 0.1) is 5.41 Å². The zero-order valence-corrected chi connectivity index (χ0v) is 11.2. The van der Waals surface area contributed by atoms with Gasteiger partial charge in [0.1, 0.15) is 11.2 Å². The summed E-state index contributed by atoms with van der Waals surface area (Å²) in [5.74, 6) is -0.104. The topological polar surface area (TPSA) is 81.8 Å². The third kappa shape index (κ3) is 2.19. The summed E-state index contributed by atoms with van der Waals surface area (Å²) in [5.41, 5.74) is 6.98. The molecule has 0 spiro atoms. The number of aryl methyl sites for hydroxylation is 1. The number of rotatable bonds is 5. The first-order valence-electron chi connectivity index (χ1n) is 6.28. The molecule has 0 aromatic heterocycles. The average molecular weight is 265 g/mol. The number of carboxylic acid groups (broad SMARTS) is 1. The summed E-state index contributed by atoms with van der Waals surface area (Å²) >= 11 is 0. The molecule has 0 aliphatic carbocycles. The molecule has 2 rings (SSSR count). The van der Waals surface area contributed by atoms with Gasteiger partial charge in [-0.05, 0) is 23.6 Å². The van der Waals surface area contributed by atoms with E-state index in [1.54, 1.807) is 7.11 Å². The maximum atomic E-state index is 11.4. The molecule has 1 saturated heterocycles. The van der Waals surface area contributed by atoms with Gasteiger partial charge in [0.05, 0.1) is 26.4 Å². The lowest BCUT2D eigenvalue weighted by Gasteiger charge is -2.42. The second kappa shape index (κ2) is 5.19. The molecule has 1 aromatic carbocycles.